The summed E-state index contributed by atoms with van der Waals surface area (Å²) in [7, 11) is 0. The van der Waals surface area contributed by atoms with Crippen LogP contribution in [-0.2, 0) is 6.54 Å². The van der Waals surface area contributed by atoms with Gasteiger partial charge in [-0.3, -0.25) is 0 Å². The summed E-state index contributed by atoms with van der Waals surface area (Å²) in [6.07, 6.45) is 9.61. The summed E-state index contributed by atoms with van der Waals surface area (Å²) in [6.45, 7) is 5.00. The van der Waals surface area contributed by atoms with Gasteiger partial charge in [-0.1, -0.05) is 70.9 Å². The molecule has 0 fully saturated rings. The van der Waals surface area contributed by atoms with Crippen LogP contribution in [0.5, 0.6) is 0 Å². The van der Waals surface area contributed by atoms with Crippen LogP contribution in [0.15, 0.2) is 24.3 Å². The van der Waals surface area contributed by atoms with E-state index in [1.54, 1.807) is 4.80 Å². The molecule has 1 aromatic carbocycles. The number of benzene rings is 1. The first-order valence-electron chi connectivity index (χ1n) is 9.18. The molecule has 128 valence electrons. The number of fused-ring (bicyclic) bond motifs is 1. The van der Waals surface area contributed by atoms with Crippen molar-refractivity contribution in [2.75, 3.05) is 0 Å². The van der Waals surface area contributed by atoms with Crippen molar-refractivity contribution in [2.24, 2.45) is 5.92 Å². The molecule has 1 aromatic heterocycles. The van der Waals surface area contributed by atoms with Gasteiger partial charge in [0, 0.05) is 5.92 Å². The maximum Gasteiger partial charge on any atom is 0.113 e. The monoisotopic (exact) mass is 317 g/mol. The molecule has 0 amide bonds. The number of hydrogen-bond acceptors (Lipinski definition) is 3. The number of nitrogens with zero attached hydrogens (tertiary/aromatic N) is 3. The molecule has 0 saturated heterocycles. The first-order chi connectivity index (χ1) is 11.2. The van der Waals surface area contributed by atoms with Crippen molar-refractivity contribution >= 4 is 11.0 Å². The highest BCUT2D eigenvalue weighted by Gasteiger charge is 2.15. The average Bonchev–Trinajstić information content (AvgIpc) is 2.96. The molecule has 1 heterocycles. The molecule has 0 aliphatic rings. The van der Waals surface area contributed by atoms with Crippen LogP contribution in [0.2, 0.25) is 0 Å². The van der Waals surface area contributed by atoms with E-state index < -0.39 is 0 Å². The van der Waals surface area contributed by atoms with Crippen LogP contribution in [0, 0.1) is 5.92 Å². The Morgan fingerprint density at radius 2 is 1.52 bits per heavy atom. The lowest BCUT2D eigenvalue weighted by molar-refractivity contribution is 0.0911. The largest absolute Gasteiger partial charge is 0.393 e. The molecule has 2 aromatic rings. The Morgan fingerprint density at radius 1 is 0.957 bits per heavy atom. The topological polar surface area (TPSA) is 50.9 Å². The lowest BCUT2D eigenvalue weighted by Crippen LogP contribution is -2.23. The van der Waals surface area contributed by atoms with Crippen molar-refractivity contribution in [1.29, 1.82) is 0 Å². The summed E-state index contributed by atoms with van der Waals surface area (Å²) in [6, 6.07) is 7.89. The number of hydrogen-bond donors (Lipinski definition) is 1. The van der Waals surface area contributed by atoms with Crippen molar-refractivity contribution in [3.05, 3.63) is 24.3 Å². The molecule has 4 heteroatoms. The predicted molar refractivity (Wildman–Crippen MR) is 95.3 cm³/mol. The minimum Gasteiger partial charge on any atom is -0.393 e. The molecule has 0 radical (unpaired) electrons. The van der Waals surface area contributed by atoms with Gasteiger partial charge in [0.05, 0.1) is 12.6 Å². The number of aliphatic hydroxyl groups is 1. The van der Waals surface area contributed by atoms with Crippen molar-refractivity contribution in [3.8, 4) is 0 Å². The van der Waals surface area contributed by atoms with Crippen LogP contribution in [0.4, 0.5) is 0 Å². The minimum atomic E-state index is -0.264. The Bertz CT molecular complexity index is 533. The fourth-order valence-electron chi connectivity index (χ4n) is 2.96. The zero-order chi connectivity index (χ0) is 16.5. The van der Waals surface area contributed by atoms with E-state index in [1.165, 1.54) is 38.5 Å². The molecule has 0 bridgehead atoms. The highest BCUT2D eigenvalue weighted by molar-refractivity contribution is 5.72. The summed E-state index contributed by atoms with van der Waals surface area (Å²) in [5, 5.41) is 19.3. The molecule has 2 atom stereocenters. The van der Waals surface area contributed by atoms with Gasteiger partial charge in [0.1, 0.15) is 11.0 Å². The molecule has 4 nitrogen and oxygen atoms in total. The fourth-order valence-corrected chi connectivity index (χ4v) is 2.96. The zero-order valence-corrected chi connectivity index (χ0v) is 14.6. The van der Waals surface area contributed by atoms with Crippen molar-refractivity contribution in [2.45, 2.75) is 77.9 Å². The maximum atomic E-state index is 10.3. The van der Waals surface area contributed by atoms with E-state index in [-0.39, 0.29) is 12.0 Å². The second kappa shape index (κ2) is 9.66. The molecule has 23 heavy (non-hydrogen) atoms. The van der Waals surface area contributed by atoms with Gasteiger partial charge in [-0.2, -0.15) is 15.0 Å². The molecular weight excluding hydrogens is 286 g/mol. The minimum absolute atomic E-state index is 0.178. The summed E-state index contributed by atoms with van der Waals surface area (Å²) in [5.41, 5.74) is 1.84. The van der Waals surface area contributed by atoms with Crippen LogP contribution in [0.25, 0.3) is 11.0 Å². The highest BCUT2D eigenvalue weighted by Crippen LogP contribution is 2.16. The van der Waals surface area contributed by atoms with Crippen LogP contribution in [0.3, 0.4) is 0 Å². The number of aliphatic hydroxyl groups excluding tert-OH is 1. The van der Waals surface area contributed by atoms with Crippen LogP contribution in [0.1, 0.15) is 65.2 Å². The first-order valence-corrected chi connectivity index (χ1v) is 9.18. The lowest BCUT2D eigenvalue weighted by atomic mass is 9.98. The molecule has 0 spiro atoms. The van der Waals surface area contributed by atoms with E-state index in [0.717, 1.165) is 23.9 Å². The van der Waals surface area contributed by atoms with Crippen molar-refractivity contribution in [3.63, 3.8) is 0 Å². The van der Waals surface area contributed by atoms with Gasteiger partial charge in [0.15, 0.2) is 0 Å². The van der Waals surface area contributed by atoms with E-state index >= 15 is 0 Å². The summed E-state index contributed by atoms with van der Waals surface area (Å²) >= 11 is 0. The third kappa shape index (κ3) is 5.94. The van der Waals surface area contributed by atoms with Gasteiger partial charge in [-0.05, 0) is 18.6 Å². The normalized spacial score (nSPS) is 14.2. The van der Waals surface area contributed by atoms with Gasteiger partial charge in [-0.25, -0.2) is 0 Å². The Morgan fingerprint density at radius 3 is 2.13 bits per heavy atom. The third-order valence-electron chi connectivity index (χ3n) is 4.54. The summed E-state index contributed by atoms with van der Waals surface area (Å²) in [4.78, 5) is 1.73. The molecular formula is C19H31N3O. The molecule has 1 N–H and O–H groups in total. The maximum absolute atomic E-state index is 10.3. The fraction of sp³-hybridized carbons (Fsp3) is 0.684. The molecule has 2 rings (SSSR count). The smallest absolute Gasteiger partial charge is 0.113 e. The van der Waals surface area contributed by atoms with Gasteiger partial charge < -0.3 is 5.11 Å². The highest BCUT2D eigenvalue weighted by atomic mass is 16.3. The number of rotatable bonds is 11. The average molecular weight is 317 g/mol. The SMILES string of the molecule is CCCCCCCCCC(O)C(C)Cn1nc2ccccc2n1. The van der Waals surface area contributed by atoms with E-state index in [0.29, 0.717) is 6.54 Å². The van der Waals surface area contributed by atoms with Gasteiger partial charge in [-0.15, -0.1) is 0 Å². The van der Waals surface area contributed by atoms with Gasteiger partial charge in [0.2, 0.25) is 0 Å². The quantitative estimate of drug-likeness (QED) is 0.618. The van der Waals surface area contributed by atoms with E-state index in [2.05, 4.69) is 24.0 Å². The molecule has 0 saturated carbocycles. The van der Waals surface area contributed by atoms with Crippen LogP contribution < -0.4 is 0 Å². The predicted octanol–water partition coefficient (Wildman–Crippen LogP) is 4.57. The molecule has 0 aliphatic heterocycles. The Hall–Kier alpha value is -1.42. The molecule has 0 aliphatic carbocycles. The van der Waals surface area contributed by atoms with E-state index in [4.69, 9.17) is 0 Å². The lowest BCUT2D eigenvalue weighted by Gasteiger charge is -2.18. The zero-order valence-electron chi connectivity index (χ0n) is 14.6. The standard InChI is InChI=1S/C19H31N3O/c1-3-4-5-6-7-8-9-14-19(23)16(2)15-22-20-17-12-10-11-13-18(17)21-22/h10-13,16,19,23H,3-9,14-15H2,1-2H3. The van der Waals surface area contributed by atoms with Gasteiger partial charge >= 0.3 is 0 Å². The second-order valence-corrected chi connectivity index (χ2v) is 6.70. The first kappa shape index (κ1) is 17.9. The van der Waals surface area contributed by atoms with Crippen molar-refractivity contribution < 1.29 is 5.11 Å². The van der Waals surface area contributed by atoms with E-state index in [9.17, 15) is 5.11 Å². The Balaban J connectivity index is 1.67. The summed E-state index contributed by atoms with van der Waals surface area (Å²) in [5.74, 6) is 0.178. The van der Waals surface area contributed by atoms with E-state index in [1.807, 2.05) is 24.3 Å². The van der Waals surface area contributed by atoms with Gasteiger partial charge in [0.25, 0.3) is 0 Å². The second-order valence-electron chi connectivity index (χ2n) is 6.70. The van der Waals surface area contributed by atoms with Crippen LogP contribution >= 0.6 is 0 Å². The van der Waals surface area contributed by atoms with Crippen molar-refractivity contribution in [1.82, 2.24) is 15.0 Å². The number of unbranched alkanes of at least 4 members (excludes halogenated alkanes) is 6. The third-order valence-corrected chi connectivity index (χ3v) is 4.54. The Labute approximate surface area is 139 Å². The number of aromatic nitrogens is 3. The Kier molecular flexibility index (Phi) is 7.53. The summed E-state index contributed by atoms with van der Waals surface area (Å²) < 4.78 is 0. The molecule has 2 unspecified atom stereocenters. The van der Waals surface area contributed by atoms with Crippen LogP contribution in [-0.4, -0.2) is 26.2 Å².